The monoisotopic (exact) mass is 367 g/mol. The molecular weight excluding hydrogens is 338 g/mol. The molecule has 0 aromatic heterocycles. The van der Waals surface area contributed by atoms with E-state index in [1.807, 2.05) is 4.90 Å². The zero-order chi connectivity index (χ0) is 18.2. The van der Waals surface area contributed by atoms with Crippen molar-refractivity contribution in [3.05, 3.63) is 0 Å². The van der Waals surface area contributed by atoms with E-state index in [1.165, 1.54) is 6.42 Å². The van der Waals surface area contributed by atoms with Crippen LogP contribution in [0.3, 0.4) is 0 Å². The van der Waals surface area contributed by atoms with Gasteiger partial charge in [0.25, 0.3) is 5.24 Å². The van der Waals surface area contributed by atoms with Gasteiger partial charge < -0.3 is 9.80 Å². The second kappa shape index (κ2) is 6.91. The van der Waals surface area contributed by atoms with E-state index in [4.69, 9.17) is 0 Å². The van der Waals surface area contributed by atoms with Crippen LogP contribution in [0.15, 0.2) is 0 Å². The number of carbonyl (C=O) groups is 3. The van der Waals surface area contributed by atoms with Crippen molar-refractivity contribution in [3.8, 4) is 0 Å². The first-order chi connectivity index (χ1) is 11.7. The lowest BCUT2D eigenvalue weighted by atomic mass is 9.78. The summed E-state index contributed by atoms with van der Waals surface area (Å²) in [6.45, 7) is 11.5. The smallest absolute Gasteiger partial charge is 0.289 e. The fourth-order valence-electron chi connectivity index (χ4n) is 4.37. The van der Waals surface area contributed by atoms with Gasteiger partial charge in [-0.3, -0.25) is 19.3 Å². The van der Waals surface area contributed by atoms with E-state index >= 15 is 0 Å². The number of rotatable bonds is 3. The number of thioether (sulfide) groups is 1. The number of piperidine rings is 1. The number of nitrogens with zero attached hydrogens (tertiary/aromatic N) is 3. The summed E-state index contributed by atoms with van der Waals surface area (Å²) in [5.41, 5.74) is 0.466. The first-order valence-corrected chi connectivity index (χ1v) is 10.1. The van der Waals surface area contributed by atoms with Crippen LogP contribution in [0, 0.1) is 10.8 Å². The summed E-state index contributed by atoms with van der Waals surface area (Å²) in [5, 5.41) is -0.290. The number of amides is 3. The number of hydrogen-bond donors (Lipinski definition) is 0. The van der Waals surface area contributed by atoms with Crippen LogP contribution in [-0.2, 0) is 9.59 Å². The van der Waals surface area contributed by atoms with Crippen molar-refractivity contribution in [1.29, 1.82) is 0 Å². The largest absolute Gasteiger partial charge is 0.341 e. The van der Waals surface area contributed by atoms with Crippen molar-refractivity contribution in [2.75, 3.05) is 45.0 Å². The van der Waals surface area contributed by atoms with Gasteiger partial charge in [-0.05, 0) is 31.2 Å². The Hall–Kier alpha value is -1.08. The zero-order valence-electron chi connectivity index (χ0n) is 15.5. The predicted octanol–water partition coefficient (Wildman–Crippen LogP) is 2.04. The molecule has 3 heterocycles. The third-order valence-corrected chi connectivity index (χ3v) is 6.22. The Morgan fingerprint density at radius 3 is 2.56 bits per heavy atom. The van der Waals surface area contributed by atoms with Gasteiger partial charge in [0, 0.05) is 31.6 Å². The molecule has 3 aliphatic rings. The van der Waals surface area contributed by atoms with Crippen LogP contribution >= 0.6 is 11.8 Å². The summed E-state index contributed by atoms with van der Waals surface area (Å²) in [7, 11) is 0. The summed E-state index contributed by atoms with van der Waals surface area (Å²) >= 11 is 0.985. The van der Waals surface area contributed by atoms with Crippen molar-refractivity contribution < 1.29 is 14.4 Å². The summed E-state index contributed by atoms with van der Waals surface area (Å²) < 4.78 is 0. The summed E-state index contributed by atoms with van der Waals surface area (Å²) in [6.07, 6.45) is 3.36. The van der Waals surface area contributed by atoms with E-state index < -0.39 is 0 Å². The molecule has 0 saturated carbocycles. The van der Waals surface area contributed by atoms with Crippen LogP contribution in [0.4, 0.5) is 4.79 Å². The first-order valence-electron chi connectivity index (χ1n) is 9.15. The quantitative estimate of drug-likeness (QED) is 0.764. The molecule has 0 aromatic carbocycles. The van der Waals surface area contributed by atoms with Gasteiger partial charge in [0.1, 0.15) is 6.54 Å². The molecule has 1 spiro atoms. The van der Waals surface area contributed by atoms with Crippen molar-refractivity contribution in [3.63, 3.8) is 0 Å². The molecule has 7 heteroatoms. The van der Waals surface area contributed by atoms with Crippen molar-refractivity contribution in [2.24, 2.45) is 10.8 Å². The van der Waals surface area contributed by atoms with Crippen LogP contribution < -0.4 is 0 Å². The molecule has 140 valence electrons. The summed E-state index contributed by atoms with van der Waals surface area (Å²) in [4.78, 5) is 41.5. The van der Waals surface area contributed by atoms with E-state index in [0.717, 1.165) is 62.2 Å². The van der Waals surface area contributed by atoms with Crippen molar-refractivity contribution in [1.82, 2.24) is 14.7 Å². The lowest BCUT2D eigenvalue weighted by Crippen LogP contribution is -2.48. The van der Waals surface area contributed by atoms with Crippen molar-refractivity contribution >= 4 is 28.8 Å². The van der Waals surface area contributed by atoms with E-state index in [2.05, 4.69) is 25.7 Å². The molecular formula is C18H29N3O3S. The number of imide groups is 1. The standard InChI is InChI=1S/C18H29N3O3S/c1-17(2,3)11-19-7-4-5-18(12-19)6-8-20(13-18)14(22)9-21-15(23)10-25-16(21)24/h4-13H2,1-3H3/t18-/m0/s1. The van der Waals surface area contributed by atoms with Crippen LogP contribution in [0.2, 0.25) is 0 Å². The van der Waals surface area contributed by atoms with Crippen LogP contribution in [0.1, 0.15) is 40.0 Å². The Kier molecular flexibility index (Phi) is 5.17. The summed E-state index contributed by atoms with van der Waals surface area (Å²) in [6, 6.07) is 0. The molecule has 1 atom stereocenters. The molecule has 6 nitrogen and oxygen atoms in total. The third kappa shape index (κ3) is 4.37. The predicted molar refractivity (Wildman–Crippen MR) is 98.3 cm³/mol. The second-order valence-corrected chi connectivity index (χ2v) is 9.90. The highest BCUT2D eigenvalue weighted by molar-refractivity contribution is 8.14. The fourth-order valence-corrected chi connectivity index (χ4v) is 5.09. The van der Waals surface area contributed by atoms with Crippen LogP contribution in [0.25, 0.3) is 0 Å². The number of likely N-dealkylation sites (tertiary alicyclic amines) is 2. The normalized spacial score (nSPS) is 28.4. The van der Waals surface area contributed by atoms with Gasteiger partial charge >= 0.3 is 0 Å². The minimum Gasteiger partial charge on any atom is -0.341 e. The zero-order valence-corrected chi connectivity index (χ0v) is 16.4. The minimum atomic E-state index is -0.290. The average molecular weight is 368 g/mol. The molecule has 0 radical (unpaired) electrons. The fraction of sp³-hybridized carbons (Fsp3) is 0.833. The van der Waals surface area contributed by atoms with Crippen molar-refractivity contribution in [2.45, 2.75) is 40.0 Å². The highest BCUT2D eigenvalue weighted by atomic mass is 32.2. The lowest BCUT2D eigenvalue weighted by Gasteiger charge is -2.42. The minimum absolute atomic E-state index is 0.0889. The molecule has 3 aliphatic heterocycles. The lowest BCUT2D eigenvalue weighted by molar-refractivity contribution is -0.136. The van der Waals surface area contributed by atoms with Gasteiger partial charge in [-0.25, -0.2) is 0 Å². The highest BCUT2D eigenvalue weighted by Gasteiger charge is 2.44. The van der Waals surface area contributed by atoms with Gasteiger partial charge in [0.05, 0.1) is 5.75 Å². The molecule has 0 N–H and O–H groups in total. The Bertz CT molecular complexity index is 558. The highest BCUT2D eigenvalue weighted by Crippen LogP contribution is 2.39. The van der Waals surface area contributed by atoms with Gasteiger partial charge in [0.2, 0.25) is 11.8 Å². The SMILES string of the molecule is CC(C)(C)CN1CCC[C@]2(CCN(C(=O)CN3C(=O)CSC3=O)C2)C1. The molecule has 3 saturated heterocycles. The van der Waals surface area contributed by atoms with E-state index in [1.54, 1.807) is 0 Å². The molecule has 3 rings (SSSR count). The van der Waals surface area contributed by atoms with E-state index in [-0.39, 0.29) is 40.2 Å². The molecule has 3 fully saturated rings. The Labute approximate surface area is 154 Å². The van der Waals surface area contributed by atoms with Gasteiger partial charge in [-0.2, -0.15) is 0 Å². The number of hydrogen-bond acceptors (Lipinski definition) is 5. The Balaban J connectivity index is 1.58. The Morgan fingerprint density at radius 1 is 1.16 bits per heavy atom. The maximum absolute atomic E-state index is 12.6. The number of carbonyl (C=O) groups excluding carboxylic acids is 3. The Morgan fingerprint density at radius 2 is 1.92 bits per heavy atom. The topological polar surface area (TPSA) is 60.9 Å². The van der Waals surface area contributed by atoms with Crippen LogP contribution in [-0.4, -0.2) is 76.8 Å². The van der Waals surface area contributed by atoms with E-state index in [0.29, 0.717) is 0 Å². The van der Waals surface area contributed by atoms with Gasteiger partial charge in [-0.1, -0.05) is 32.5 Å². The third-order valence-electron chi connectivity index (χ3n) is 5.36. The molecule has 3 amide bonds. The second-order valence-electron chi connectivity index (χ2n) is 8.97. The van der Waals surface area contributed by atoms with E-state index in [9.17, 15) is 14.4 Å². The average Bonchev–Trinajstić information content (AvgIpc) is 3.04. The van der Waals surface area contributed by atoms with Gasteiger partial charge in [0.15, 0.2) is 0 Å². The molecule has 25 heavy (non-hydrogen) atoms. The summed E-state index contributed by atoms with van der Waals surface area (Å²) in [5.74, 6) is -0.169. The maximum atomic E-state index is 12.6. The van der Waals surface area contributed by atoms with Crippen LogP contribution in [0.5, 0.6) is 0 Å². The maximum Gasteiger partial charge on any atom is 0.289 e. The molecule has 0 unspecified atom stereocenters. The molecule has 0 bridgehead atoms. The molecule has 0 aromatic rings. The van der Waals surface area contributed by atoms with Gasteiger partial charge in [-0.15, -0.1) is 0 Å². The molecule has 0 aliphatic carbocycles. The first kappa shape index (κ1) is 18.7.